The maximum absolute atomic E-state index is 3.66. The van der Waals surface area contributed by atoms with E-state index in [1.54, 1.807) is 0 Å². The van der Waals surface area contributed by atoms with Crippen LogP contribution in [-0.2, 0) is 5.41 Å². The van der Waals surface area contributed by atoms with Crippen molar-refractivity contribution in [2.45, 2.75) is 46.5 Å². The Balaban J connectivity index is 2.17. The van der Waals surface area contributed by atoms with Crippen LogP contribution >= 0.6 is 0 Å². The van der Waals surface area contributed by atoms with Crippen molar-refractivity contribution in [1.82, 2.24) is 0 Å². The van der Waals surface area contributed by atoms with E-state index in [1.807, 2.05) is 0 Å². The van der Waals surface area contributed by atoms with Gasteiger partial charge in [-0.2, -0.15) is 0 Å². The quantitative estimate of drug-likeness (QED) is 0.529. The third-order valence-corrected chi connectivity index (χ3v) is 4.63. The number of nitrogens with one attached hydrogen (secondary N) is 1. The van der Waals surface area contributed by atoms with Gasteiger partial charge < -0.3 is 5.32 Å². The molecule has 1 N–H and O–H groups in total. The van der Waals surface area contributed by atoms with Crippen LogP contribution < -0.4 is 5.32 Å². The van der Waals surface area contributed by atoms with Crippen LogP contribution in [0.1, 0.15) is 46.6 Å². The third-order valence-electron chi connectivity index (χ3n) is 4.63. The minimum Gasteiger partial charge on any atom is -0.355 e. The molecule has 0 bridgehead atoms. The molecule has 25 heavy (non-hydrogen) atoms. The van der Waals surface area contributed by atoms with Crippen LogP contribution in [-0.4, -0.2) is 0 Å². The summed E-state index contributed by atoms with van der Waals surface area (Å²) in [7, 11) is 0. The van der Waals surface area contributed by atoms with Crippen molar-refractivity contribution < 1.29 is 0 Å². The summed E-state index contributed by atoms with van der Waals surface area (Å²) >= 11 is 0. The molecule has 0 radical (unpaired) electrons. The number of para-hydroxylation sites is 1. The molecule has 1 nitrogen and oxygen atoms in total. The number of benzene rings is 3. The first-order valence-corrected chi connectivity index (χ1v) is 9.11. The first-order valence-electron chi connectivity index (χ1n) is 9.11. The zero-order valence-corrected chi connectivity index (χ0v) is 16.1. The molecule has 0 heterocycles. The van der Waals surface area contributed by atoms with E-state index in [0.717, 1.165) is 12.1 Å². The lowest BCUT2D eigenvalue weighted by molar-refractivity contribution is 0.286. The molecule has 3 aromatic rings. The normalized spacial score (nSPS) is 12.4. The van der Waals surface area contributed by atoms with Crippen LogP contribution in [0.25, 0.3) is 10.8 Å². The van der Waals surface area contributed by atoms with E-state index in [1.165, 1.54) is 22.0 Å². The molecule has 0 saturated heterocycles. The zero-order chi connectivity index (χ0) is 18.1. The van der Waals surface area contributed by atoms with Crippen LogP contribution in [0.5, 0.6) is 0 Å². The van der Waals surface area contributed by atoms with Gasteiger partial charge in [-0.05, 0) is 51.8 Å². The Labute approximate surface area is 152 Å². The molecule has 0 aliphatic carbocycles. The minimum atomic E-state index is 0.0657. The first kappa shape index (κ1) is 17.5. The maximum Gasteiger partial charge on any atom is 0.0428 e. The number of fused-ring (bicyclic) bond motifs is 1. The maximum atomic E-state index is 3.66. The van der Waals surface area contributed by atoms with Crippen molar-refractivity contribution in [2.24, 2.45) is 5.41 Å². The van der Waals surface area contributed by atoms with Gasteiger partial charge in [0, 0.05) is 11.4 Å². The van der Waals surface area contributed by atoms with E-state index in [-0.39, 0.29) is 10.8 Å². The van der Waals surface area contributed by atoms with E-state index in [2.05, 4.69) is 107 Å². The smallest absolute Gasteiger partial charge is 0.0428 e. The second-order valence-electron chi connectivity index (χ2n) is 8.82. The molecule has 130 valence electrons. The molecule has 0 aromatic heterocycles. The summed E-state index contributed by atoms with van der Waals surface area (Å²) in [6, 6.07) is 23.6. The zero-order valence-electron chi connectivity index (χ0n) is 16.1. The Hall–Kier alpha value is -2.28. The van der Waals surface area contributed by atoms with E-state index < -0.39 is 0 Å². The van der Waals surface area contributed by atoms with Crippen molar-refractivity contribution in [2.75, 3.05) is 5.32 Å². The SMILES string of the molecule is CC(C)(C)CC(C)(C)c1c(Nc2ccccc2)ccc2ccccc12. The molecular formula is C24H29N. The second-order valence-corrected chi connectivity index (χ2v) is 8.82. The minimum absolute atomic E-state index is 0.0657. The molecule has 0 aliphatic rings. The van der Waals surface area contributed by atoms with Crippen molar-refractivity contribution in [3.63, 3.8) is 0 Å². The molecular weight excluding hydrogens is 302 g/mol. The number of rotatable bonds is 4. The van der Waals surface area contributed by atoms with Crippen LogP contribution in [0.3, 0.4) is 0 Å². The molecule has 0 unspecified atom stereocenters. The summed E-state index contributed by atoms with van der Waals surface area (Å²) in [5, 5.41) is 6.31. The fourth-order valence-corrected chi connectivity index (χ4v) is 4.20. The van der Waals surface area contributed by atoms with Crippen molar-refractivity contribution in [1.29, 1.82) is 0 Å². The van der Waals surface area contributed by atoms with Gasteiger partial charge in [-0.3, -0.25) is 0 Å². The predicted molar refractivity (Wildman–Crippen MR) is 111 cm³/mol. The second kappa shape index (κ2) is 6.55. The number of anilines is 2. The lowest BCUT2D eigenvalue weighted by Gasteiger charge is -2.35. The molecule has 3 rings (SSSR count). The Bertz CT molecular complexity index is 854. The van der Waals surface area contributed by atoms with E-state index >= 15 is 0 Å². The van der Waals surface area contributed by atoms with Gasteiger partial charge >= 0.3 is 0 Å². The Morgan fingerprint density at radius 1 is 0.720 bits per heavy atom. The number of hydrogen-bond donors (Lipinski definition) is 1. The van der Waals surface area contributed by atoms with Gasteiger partial charge in [0.1, 0.15) is 0 Å². The summed E-state index contributed by atoms with van der Waals surface area (Å²) in [6.07, 6.45) is 1.12. The number of hydrogen-bond acceptors (Lipinski definition) is 1. The van der Waals surface area contributed by atoms with Gasteiger partial charge in [0.05, 0.1) is 0 Å². The lowest BCUT2D eigenvalue weighted by Crippen LogP contribution is -2.26. The van der Waals surface area contributed by atoms with E-state index in [0.29, 0.717) is 0 Å². The highest BCUT2D eigenvalue weighted by Gasteiger charge is 2.30. The molecule has 3 aromatic carbocycles. The van der Waals surface area contributed by atoms with Crippen LogP contribution in [0, 0.1) is 5.41 Å². The van der Waals surface area contributed by atoms with Crippen LogP contribution in [0.4, 0.5) is 11.4 Å². The summed E-state index contributed by atoms with van der Waals surface area (Å²) in [5.74, 6) is 0. The largest absolute Gasteiger partial charge is 0.355 e. The van der Waals surface area contributed by atoms with Crippen LogP contribution in [0.15, 0.2) is 66.7 Å². The summed E-state index contributed by atoms with van der Waals surface area (Å²) in [5.41, 5.74) is 4.08. The van der Waals surface area contributed by atoms with Gasteiger partial charge in [0.2, 0.25) is 0 Å². The average Bonchev–Trinajstić information content (AvgIpc) is 2.53. The van der Waals surface area contributed by atoms with Crippen molar-refractivity contribution in [3.8, 4) is 0 Å². The molecule has 0 spiro atoms. The highest BCUT2D eigenvalue weighted by molar-refractivity contribution is 5.92. The standard InChI is InChI=1S/C24H29N/c1-23(2,3)17-24(4,5)22-20-14-10-9-11-18(20)15-16-21(22)25-19-12-7-6-8-13-19/h6-16,25H,17H2,1-5H3. The summed E-state index contributed by atoms with van der Waals surface area (Å²) in [4.78, 5) is 0. The van der Waals surface area contributed by atoms with E-state index in [4.69, 9.17) is 0 Å². The monoisotopic (exact) mass is 331 g/mol. The Morgan fingerprint density at radius 2 is 1.36 bits per heavy atom. The average molecular weight is 332 g/mol. The molecule has 0 aliphatic heterocycles. The predicted octanol–water partition coefficient (Wildman–Crippen LogP) is 7.30. The highest BCUT2D eigenvalue weighted by atomic mass is 14.9. The Kier molecular flexibility index (Phi) is 4.60. The summed E-state index contributed by atoms with van der Waals surface area (Å²) < 4.78 is 0. The van der Waals surface area contributed by atoms with E-state index in [9.17, 15) is 0 Å². The molecule has 1 heteroatoms. The third kappa shape index (κ3) is 4.04. The lowest BCUT2D eigenvalue weighted by atomic mass is 9.70. The summed E-state index contributed by atoms with van der Waals surface area (Å²) in [6.45, 7) is 11.7. The van der Waals surface area contributed by atoms with Crippen molar-refractivity contribution in [3.05, 3.63) is 72.3 Å². The fourth-order valence-electron chi connectivity index (χ4n) is 4.20. The molecule has 0 saturated carbocycles. The topological polar surface area (TPSA) is 12.0 Å². The van der Waals surface area contributed by atoms with Crippen LogP contribution in [0.2, 0.25) is 0 Å². The molecule has 0 atom stereocenters. The highest BCUT2D eigenvalue weighted by Crippen LogP contribution is 2.43. The fraction of sp³-hybridized carbons (Fsp3) is 0.333. The van der Waals surface area contributed by atoms with Gasteiger partial charge in [0.25, 0.3) is 0 Å². The van der Waals surface area contributed by atoms with Gasteiger partial charge in [-0.15, -0.1) is 0 Å². The van der Waals surface area contributed by atoms with Gasteiger partial charge in [-0.25, -0.2) is 0 Å². The molecule has 0 fully saturated rings. The first-order chi connectivity index (χ1) is 11.8. The van der Waals surface area contributed by atoms with Gasteiger partial charge in [-0.1, -0.05) is 83.1 Å². The van der Waals surface area contributed by atoms with Gasteiger partial charge in [0.15, 0.2) is 0 Å². The van der Waals surface area contributed by atoms with Crippen molar-refractivity contribution >= 4 is 22.1 Å². The Morgan fingerprint density at radius 3 is 2.04 bits per heavy atom. The molecule has 0 amide bonds.